The molecule has 0 spiro atoms. The molecule has 1 aromatic heterocycles. The average Bonchev–Trinajstić information content (AvgIpc) is 2.57. The van der Waals surface area contributed by atoms with Gasteiger partial charge in [-0.3, -0.25) is 4.98 Å². The molecule has 3 nitrogen and oxygen atoms in total. The molecule has 0 aliphatic rings. The van der Waals surface area contributed by atoms with E-state index in [-0.39, 0.29) is 5.82 Å². The molecule has 0 amide bonds. The van der Waals surface area contributed by atoms with Crippen LogP contribution in [0.3, 0.4) is 0 Å². The zero-order chi connectivity index (χ0) is 16.2. The van der Waals surface area contributed by atoms with Gasteiger partial charge in [0.25, 0.3) is 0 Å². The first-order valence-electron chi connectivity index (χ1n) is 7.54. The van der Waals surface area contributed by atoms with Crippen LogP contribution in [0.2, 0.25) is 0 Å². The number of methoxy groups -OCH3 is 1. The van der Waals surface area contributed by atoms with E-state index in [1.54, 1.807) is 19.2 Å². The minimum atomic E-state index is -0.223. The van der Waals surface area contributed by atoms with Gasteiger partial charge in [-0.1, -0.05) is 12.1 Å². The van der Waals surface area contributed by atoms with E-state index in [1.807, 2.05) is 25.3 Å². The second-order valence-corrected chi connectivity index (χ2v) is 5.25. The number of ether oxygens (including phenoxy) is 2. The number of pyridine rings is 1. The third-order valence-corrected chi connectivity index (χ3v) is 3.66. The number of benzene rings is 2. The topological polar surface area (TPSA) is 31.4 Å². The number of hydrogen-bond acceptors (Lipinski definition) is 3. The van der Waals surface area contributed by atoms with E-state index >= 15 is 0 Å². The third-order valence-electron chi connectivity index (χ3n) is 3.66. The number of fused-ring (bicyclic) bond motifs is 1. The van der Waals surface area contributed by atoms with Gasteiger partial charge in [0.2, 0.25) is 0 Å². The summed E-state index contributed by atoms with van der Waals surface area (Å²) < 4.78 is 24.0. The Morgan fingerprint density at radius 1 is 1.04 bits per heavy atom. The molecule has 0 saturated heterocycles. The summed E-state index contributed by atoms with van der Waals surface area (Å²) in [6, 6.07) is 12.5. The van der Waals surface area contributed by atoms with E-state index in [4.69, 9.17) is 9.47 Å². The Hall–Kier alpha value is -2.62. The molecule has 0 bridgehead atoms. The first-order chi connectivity index (χ1) is 11.2. The van der Waals surface area contributed by atoms with Gasteiger partial charge in [0, 0.05) is 11.6 Å². The summed E-state index contributed by atoms with van der Waals surface area (Å²) in [7, 11) is 1.62. The van der Waals surface area contributed by atoms with Gasteiger partial charge in [-0.25, -0.2) is 4.39 Å². The largest absolute Gasteiger partial charge is 0.493 e. The second-order valence-electron chi connectivity index (χ2n) is 5.25. The van der Waals surface area contributed by atoms with E-state index < -0.39 is 0 Å². The van der Waals surface area contributed by atoms with Crippen molar-refractivity contribution < 1.29 is 13.9 Å². The molecule has 0 aliphatic carbocycles. The van der Waals surface area contributed by atoms with Crippen LogP contribution in [0.15, 0.2) is 48.7 Å². The van der Waals surface area contributed by atoms with Crippen LogP contribution in [-0.4, -0.2) is 18.7 Å². The predicted octanol–water partition coefficient (Wildman–Crippen LogP) is 4.37. The minimum Gasteiger partial charge on any atom is -0.493 e. The first-order valence-corrected chi connectivity index (χ1v) is 7.54. The fraction of sp³-hybridized carbons (Fsp3) is 0.211. The van der Waals surface area contributed by atoms with Crippen LogP contribution in [-0.2, 0) is 6.42 Å². The monoisotopic (exact) mass is 311 g/mol. The highest BCUT2D eigenvalue weighted by Gasteiger charge is 2.11. The molecule has 0 atom stereocenters. The Morgan fingerprint density at radius 3 is 2.52 bits per heavy atom. The van der Waals surface area contributed by atoms with Gasteiger partial charge < -0.3 is 9.47 Å². The lowest BCUT2D eigenvalue weighted by atomic mass is 10.0. The number of aromatic nitrogens is 1. The summed E-state index contributed by atoms with van der Waals surface area (Å²) in [4.78, 5) is 4.54. The number of rotatable bonds is 5. The maximum absolute atomic E-state index is 13.0. The Kier molecular flexibility index (Phi) is 4.42. The van der Waals surface area contributed by atoms with E-state index in [0.29, 0.717) is 24.5 Å². The Labute approximate surface area is 134 Å². The van der Waals surface area contributed by atoms with Gasteiger partial charge in [-0.2, -0.15) is 0 Å². The standard InChI is InChI=1S/C19H18FNO2/c1-3-23-19-17(22-2)9-6-15-11-14(12-21-18(15)19)10-13-4-7-16(20)8-5-13/h4-9,11-12H,3,10H2,1-2H3. The summed E-state index contributed by atoms with van der Waals surface area (Å²) in [5, 5.41) is 0.994. The van der Waals surface area contributed by atoms with Crippen molar-refractivity contribution in [3.05, 3.63) is 65.6 Å². The second kappa shape index (κ2) is 6.65. The molecule has 118 valence electrons. The van der Waals surface area contributed by atoms with Crippen LogP contribution in [0, 0.1) is 5.82 Å². The van der Waals surface area contributed by atoms with Crippen LogP contribution in [0.4, 0.5) is 4.39 Å². The van der Waals surface area contributed by atoms with Gasteiger partial charge in [0.15, 0.2) is 11.5 Å². The molecule has 2 aromatic carbocycles. The number of halogens is 1. The molecule has 0 saturated carbocycles. The Morgan fingerprint density at radius 2 is 1.83 bits per heavy atom. The highest BCUT2D eigenvalue weighted by Crippen LogP contribution is 2.34. The lowest BCUT2D eigenvalue weighted by molar-refractivity contribution is 0.314. The molecule has 3 aromatic rings. The van der Waals surface area contributed by atoms with Crippen molar-refractivity contribution in [3.8, 4) is 11.5 Å². The Balaban J connectivity index is 1.97. The van der Waals surface area contributed by atoms with Crippen LogP contribution in [0.5, 0.6) is 11.5 Å². The van der Waals surface area contributed by atoms with Crippen LogP contribution in [0.25, 0.3) is 10.9 Å². The Bertz CT molecular complexity index is 815. The molecule has 0 radical (unpaired) electrons. The molecular weight excluding hydrogens is 293 g/mol. The number of hydrogen-bond donors (Lipinski definition) is 0. The van der Waals surface area contributed by atoms with Crippen LogP contribution < -0.4 is 9.47 Å². The van der Waals surface area contributed by atoms with E-state index in [1.165, 1.54) is 12.1 Å². The molecule has 0 aliphatic heterocycles. The van der Waals surface area contributed by atoms with Gasteiger partial charge in [0.1, 0.15) is 11.3 Å². The van der Waals surface area contributed by atoms with Crippen molar-refractivity contribution in [1.82, 2.24) is 4.98 Å². The average molecular weight is 311 g/mol. The van der Waals surface area contributed by atoms with Crippen molar-refractivity contribution in [1.29, 1.82) is 0 Å². The van der Waals surface area contributed by atoms with E-state index in [0.717, 1.165) is 22.0 Å². The maximum Gasteiger partial charge on any atom is 0.187 e. The lowest BCUT2D eigenvalue weighted by Gasteiger charge is -2.12. The van der Waals surface area contributed by atoms with Crippen molar-refractivity contribution in [2.45, 2.75) is 13.3 Å². The van der Waals surface area contributed by atoms with Gasteiger partial charge in [-0.05, 0) is 54.8 Å². The van der Waals surface area contributed by atoms with Gasteiger partial charge in [0.05, 0.1) is 13.7 Å². The first kappa shape index (κ1) is 15.3. The maximum atomic E-state index is 13.0. The molecule has 23 heavy (non-hydrogen) atoms. The smallest absolute Gasteiger partial charge is 0.187 e. The predicted molar refractivity (Wildman–Crippen MR) is 88.7 cm³/mol. The van der Waals surface area contributed by atoms with Gasteiger partial charge >= 0.3 is 0 Å². The summed E-state index contributed by atoms with van der Waals surface area (Å²) in [5.74, 6) is 1.12. The molecule has 4 heteroatoms. The summed E-state index contributed by atoms with van der Waals surface area (Å²) in [5.41, 5.74) is 2.90. The fourth-order valence-corrected chi connectivity index (χ4v) is 2.58. The van der Waals surface area contributed by atoms with Crippen molar-refractivity contribution in [3.63, 3.8) is 0 Å². The normalized spacial score (nSPS) is 10.7. The number of nitrogens with zero attached hydrogens (tertiary/aromatic N) is 1. The molecule has 1 heterocycles. The summed E-state index contributed by atoms with van der Waals surface area (Å²) >= 11 is 0. The van der Waals surface area contributed by atoms with Crippen LogP contribution in [0.1, 0.15) is 18.1 Å². The highest BCUT2D eigenvalue weighted by molar-refractivity contribution is 5.87. The lowest BCUT2D eigenvalue weighted by Crippen LogP contribution is -1.98. The highest BCUT2D eigenvalue weighted by atomic mass is 19.1. The molecule has 3 rings (SSSR count). The fourth-order valence-electron chi connectivity index (χ4n) is 2.58. The zero-order valence-electron chi connectivity index (χ0n) is 13.2. The van der Waals surface area contributed by atoms with E-state index in [9.17, 15) is 4.39 Å². The molecule has 0 unspecified atom stereocenters. The summed E-state index contributed by atoms with van der Waals surface area (Å²) in [6.07, 6.45) is 2.53. The van der Waals surface area contributed by atoms with Crippen LogP contribution >= 0.6 is 0 Å². The summed E-state index contributed by atoms with van der Waals surface area (Å²) in [6.45, 7) is 2.48. The molecule has 0 N–H and O–H groups in total. The SMILES string of the molecule is CCOc1c(OC)ccc2cc(Cc3ccc(F)cc3)cnc12. The van der Waals surface area contributed by atoms with Crippen molar-refractivity contribution in [2.24, 2.45) is 0 Å². The van der Waals surface area contributed by atoms with Gasteiger partial charge in [-0.15, -0.1) is 0 Å². The molecular formula is C19H18FNO2. The minimum absolute atomic E-state index is 0.223. The van der Waals surface area contributed by atoms with Crippen molar-refractivity contribution >= 4 is 10.9 Å². The third kappa shape index (κ3) is 3.26. The quantitative estimate of drug-likeness (QED) is 0.701. The van der Waals surface area contributed by atoms with Crippen molar-refractivity contribution in [2.75, 3.05) is 13.7 Å². The zero-order valence-corrected chi connectivity index (χ0v) is 13.2. The molecule has 0 fully saturated rings. The van der Waals surface area contributed by atoms with E-state index in [2.05, 4.69) is 11.1 Å².